The summed E-state index contributed by atoms with van der Waals surface area (Å²) in [6.07, 6.45) is 0. The van der Waals surface area contributed by atoms with Gasteiger partial charge in [0.1, 0.15) is 5.82 Å². The Labute approximate surface area is 127 Å². The fourth-order valence-corrected chi connectivity index (χ4v) is 2.25. The average molecular weight is 360 g/mol. The predicted molar refractivity (Wildman–Crippen MR) is 79.5 cm³/mol. The van der Waals surface area contributed by atoms with Gasteiger partial charge in [-0.15, -0.1) is 0 Å². The first kappa shape index (κ1) is 14.7. The maximum absolute atomic E-state index is 13.1. The van der Waals surface area contributed by atoms with E-state index in [-0.39, 0.29) is 18.0 Å². The lowest BCUT2D eigenvalue weighted by molar-refractivity contribution is -0.385. The molecule has 0 saturated carbocycles. The van der Waals surface area contributed by atoms with Crippen LogP contribution in [-0.2, 0) is 6.54 Å². The van der Waals surface area contributed by atoms with E-state index < -0.39 is 4.92 Å². The minimum absolute atomic E-state index is 0.0110. The molecule has 2 aromatic carbocycles. The summed E-state index contributed by atoms with van der Waals surface area (Å²) in [6.45, 7) is 0.217. The number of nitro groups is 1. The van der Waals surface area contributed by atoms with Crippen LogP contribution in [0.5, 0.6) is 0 Å². The highest BCUT2D eigenvalue weighted by atomic mass is 79.9. The molecule has 0 aliphatic rings. The lowest BCUT2D eigenvalue weighted by atomic mass is 10.1. The van der Waals surface area contributed by atoms with Crippen LogP contribution in [0.3, 0.4) is 0 Å². The van der Waals surface area contributed by atoms with Crippen LogP contribution in [0, 0.1) is 15.9 Å². The van der Waals surface area contributed by atoms with Gasteiger partial charge in [-0.3, -0.25) is 10.1 Å². The minimum Gasteiger partial charge on any atom is -0.381 e. The van der Waals surface area contributed by atoms with Gasteiger partial charge in [-0.1, -0.05) is 11.6 Å². The number of hydrogen-bond donors (Lipinski definition) is 1. The van der Waals surface area contributed by atoms with Gasteiger partial charge in [0.25, 0.3) is 5.69 Å². The molecule has 0 aliphatic heterocycles. The van der Waals surface area contributed by atoms with Crippen LogP contribution < -0.4 is 5.32 Å². The number of anilines is 1. The van der Waals surface area contributed by atoms with E-state index in [0.29, 0.717) is 20.7 Å². The van der Waals surface area contributed by atoms with E-state index in [9.17, 15) is 14.5 Å². The van der Waals surface area contributed by atoms with Crippen LogP contribution in [0.25, 0.3) is 0 Å². The molecule has 0 heterocycles. The monoisotopic (exact) mass is 358 g/mol. The lowest BCUT2D eigenvalue weighted by Gasteiger charge is -2.08. The molecule has 0 fully saturated rings. The summed E-state index contributed by atoms with van der Waals surface area (Å²) in [7, 11) is 0. The zero-order chi connectivity index (χ0) is 14.7. The van der Waals surface area contributed by atoms with E-state index in [0.717, 1.165) is 0 Å². The highest BCUT2D eigenvalue weighted by Crippen LogP contribution is 2.25. The quantitative estimate of drug-likeness (QED) is 0.632. The van der Waals surface area contributed by atoms with Gasteiger partial charge in [0.15, 0.2) is 0 Å². The van der Waals surface area contributed by atoms with Crippen molar-refractivity contribution in [3.8, 4) is 0 Å². The van der Waals surface area contributed by atoms with Crippen molar-refractivity contribution < 1.29 is 9.31 Å². The summed E-state index contributed by atoms with van der Waals surface area (Å²) in [5.74, 6) is -0.371. The standard InChI is InChI=1S/C13H9BrClFN2O2/c14-11-6-10(2-3-12(11)16)17-7-8-5-9(15)1-4-13(8)18(19)20/h1-6,17H,7H2. The third kappa shape index (κ3) is 3.46. The number of benzene rings is 2. The molecule has 104 valence electrons. The second-order valence-electron chi connectivity index (χ2n) is 4.01. The molecule has 1 N–H and O–H groups in total. The maximum Gasteiger partial charge on any atom is 0.274 e. The molecule has 7 heteroatoms. The van der Waals surface area contributed by atoms with Crippen molar-refractivity contribution in [2.45, 2.75) is 6.54 Å². The first-order chi connectivity index (χ1) is 9.47. The van der Waals surface area contributed by atoms with Crippen LogP contribution in [0.2, 0.25) is 5.02 Å². The number of nitrogens with zero attached hydrogens (tertiary/aromatic N) is 1. The second kappa shape index (κ2) is 6.19. The summed E-state index contributed by atoms with van der Waals surface area (Å²) in [5.41, 5.74) is 1.10. The smallest absolute Gasteiger partial charge is 0.274 e. The van der Waals surface area contributed by atoms with Crippen LogP contribution in [0.15, 0.2) is 40.9 Å². The van der Waals surface area contributed by atoms with Crippen molar-refractivity contribution in [1.82, 2.24) is 0 Å². The Bertz CT molecular complexity index is 667. The van der Waals surface area contributed by atoms with Crippen LogP contribution >= 0.6 is 27.5 Å². The van der Waals surface area contributed by atoms with E-state index >= 15 is 0 Å². The van der Waals surface area contributed by atoms with Crippen LogP contribution in [0.1, 0.15) is 5.56 Å². The molecule has 0 radical (unpaired) electrons. The van der Waals surface area contributed by atoms with Gasteiger partial charge in [0.2, 0.25) is 0 Å². The van der Waals surface area contributed by atoms with Gasteiger partial charge in [-0.25, -0.2) is 4.39 Å². The Hall–Kier alpha value is -1.66. The molecule has 2 aromatic rings. The summed E-state index contributed by atoms with van der Waals surface area (Å²) in [6, 6.07) is 8.78. The van der Waals surface area contributed by atoms with Crippen molar-refractivity contribution in [2.75, 3.05) is 5.32 Å². The topological polar surface area (TPSA) is 55.2 Å². The van der Waals surface area contributed by atoms with Crippen molar-refractivity contribution in [2.24, 2.45) is 0 Å². The second-order valence-corrected chi connectivity index (χ2v) is 5.30. The van der Waals surface area contributed by atoms with E-state index in [2.05, 4.69) is 21.2 Å². The summed E-state index contributed by atoms with van der Waals surface area (Å²) in [5, 5.41) is 14.3. The van der Waals surface area contributed by atoms with Gasteiger partial charge in [0, 0.05) is 23.3 Å². The summed E-state index contributed by atoms with van der Waals surface area (Å²) in [4.78, 5) is 10.5. The Kier molecular flexibility index (Phi) is 4.57. The van der Waals surface area contributed by atoms with Crippen molar-refractivity contribution in [3.63, 3.8) is 0 Å². The third-order valence-electron chi connectivity index (χ3n) is 2.64. The Morgan fingerprint density at radius 2 is 2.05 bits per heavy atom. The molecule has 0 unspecified atom stereocenters. The summed E-state index contributed by atoms with van der Waals surface area (Å²) >= 11 is 8.92. The molecule has 0 saturated heterocycles. The first-order valence-corrected chi connectivity index (χ1v) is 6.76. The fraction of sp³-hybridized carbons (Fsp3) is 0.0769. The summed E-state index contributed by atoms with van der Waals surface area (Å²) < 4.78 is 13.4. The Morgan fingerprint density at radius 3 is 2.70 bits per heavy atom. The zero-order valence-corrected chi connectivity index (χ0v) is 12.4. The number of rotatable bonds is 4. The normalized spacial score (nSPS) is 10.3. The van der Waals surface area contributed by atoms with Crippen LogP contribution in [-0.4, -0.2) is 4.92 Å². The maximum atomic E-state index is 13.1. The highest BCUT2D eigenvalue weighted by Gasteiger charge is 2.13. The van der Waals surface area contributed by atoms with E-state index in [4.69, 9.17) is 11.6 Å². The number of nitrogens with one attached hydrogen (secondary N) is 1. The first-order valence-electron chi connectivity index (χ1n) is 5.59. The molecule has 2 rings (SSSR count). The average Bonchev–Trinajstić information content (AvgIpc) is 2.40. The molecule has 0 atom stereocenters. The fourth-order valence-electron chi connectivity index (χ4n) is 1.68. The largest absolute Gasteiger partial charge is 0.381 e. The Morgan fingerprint density at radius 1 is 1.30 bits per heavy atom. The minimum atomic E-state index is -0.464. The number of hydrogen-bond acceptors (Lipinski definition) is 3. The van der Waals surface area contributed by atoms with Crippen molar-refractivity contribution >= 4 is 38.9 Å². The van der Waals surface area contributed by atoms with E-state index in [1.54, 1.807) is 12.1 Å². The van der Waals surface area contributed by atoms with Gasteiger partial charge in [-0.05, 0) is 46.3 Å². The molecular weight excluding hydrogens is 351 g/mol. The van der Waals surface area contributed by atoms with Crippen LogP contribution in [0.4, 0.5) is 15.8 Å². The van der Waals surface area contributed by atoms with Gasteiger partial charge in [0.05, 0.1) is 15.0 Å². The number of halogens is 3. The Balaban J connectivity index is 2.20. The SMILES string of the molecule is O=[N+]([O-])c1ccc(Cl)cc1CNc1ccc(F)c(Br)c1. The van der Waals surface area contributed by atoms with Crippen molar-refractivity contribution in [3.05, 3.63) is 67.4 Å². The van der Waals surface area contributed by atoms with Gasteiger partial charge in [-0.2, -0.15) is 0 Å². The predicted octanol–water partition coefficient (Wildman–Crippen LogP) is 4.76. The molecular formula is C13H9BrClFN2O2. The molecule has 0 aliphatic carbocycles. The molecule has 20 heavy (non-hydrogen) atoms. The van der Waals surface area contributed by atoms with E-state index in [1.165, 1.54) is 24.3 Å². The third-order valence-corrected chi connectivity index (χ3v) is 3.48. The molecule has 0 spiro atoms. The molecule has 4 nitrogen and oxygen atoms in total. The molecule has 0 amide bonds. The molecule has 0 aromatic heterocycles. The van der Waals surface area contributed by atoms with Crippen molar-refractivity contribution in [1.29, 1.82) is 0 Å². The van der Waals surface area contributed by atoms with Gasteiger partial charge < -0.3 is 5.32 Å². The lowest BCUT2D eigenvalue weighted by Crippen LogP contribution is -2.03. The van der Waals surface area contributed by atoms with E-state index in [1.807, 2.05) is 0 Å². The van der Waals surface area contributed by atoms with Gasteiger partial charge >= 0.3 is 0 Å². The zero-order valence-electron chi connectivity index (χ0n) is 10.1. The highest BCUT2D eigenvalue weighted by molar-refractivity contribution is 9.10. The number of nitro benzene ring substituents is 1. The molecule has 0 bridgehead atoms.